The van der Waals surface area contributed by atoms with Crippen LogP contribution in [0.15, 0.2) is 0 Å². The summed E-state index contributed by atoms with van der Waals surface area (Å²) in [5.74, 6) is 0. The van der Waals surface area contributed by atoms with Gasteiger partial charge < -0.3 is 19.7 Å². The third-order valence-corrected chi connectivity index (χ3v) is 2.61. The molecule has 1 amide bonds. The first kappa shape index (κ1) is 13.2. The van der Waals surface area contributed by atoms with Gasteiger partial charge in [0.1, 0.15) is 11.8 Å². The van der Waals surface area contributed by atoms with Crippen molar-refractivity contribution in [3.63, 3.8) is 0 Å². The molecule has 1 fully saturated rings. The number of hydrogen-bond donors (Lipinski definition) is 2. The lowest BCUT2D eigenvalue weighted by atomic mass is 10.3. The SMILES string of the molecule is CCC(O)[C@@H](O)OC(=O)N1CCOC1(C)C. The van der Waals surface area contributed by atoms with Crippen LogP contribution >= 0.6 is 0 Å². The molecule has 0 aromatic heterocycles. The van der Waals surface area contributed by atoms with E-state index in [4.69, 9.17) is 9.47 Å². The molecule has 0 aliphatic carbocycles. The van der Waals surface area contributed by atoms with Gasteiger partial charge in [0, 0.05) is 0 Å². The molecule has 0 radical (unpaired) electrons. The summed E-state index contributed by atoms with van der Waals surface area (Å²) in [7, 11) is 0. The lowest BCUT2D eigenvalue weighted by Crippen LogP contribution is -2.46. The number of aliphatic hydroxyl groups excluding tert-OH is 2. The number of ether oxygens (including phenoxy) is 2. The molecular formula is C10H19NO5. The lowest BCUT2D eigenvalue weighted by molar-refractivity contribution is -0.141. The number of aliphatic hydroxyl groups is 2. The molecule has 2 N–H and O–H groups in total. The van der Waals surface area contributed by atoms with Crippen molar-refractivity contribution in [2.45, 2.75) is 45.3 Å². The van der Waals surface area contributed by atoms with E-state index in [0.717, 1.165) is 0 Å². The van der Waals surface area contributed by atoms with Gasteiger partial charge >= 0.3 is 6.09 Å². The van der Waals surface area contributed by atoms with Gasteiger partial charge in [-0.25, -0.2) is 4.79 Å². The van der Waals surface area contributed by atoms with Crippen LogP contribution < -0.4 is 0 Å². The van der Waals surface area contributed by atoms with Crippen molar-refractivity contribution in [3.8, 4) is 0 Å². The minimum atomic E-state index is -1.49. The molecule has 0 bridgehead atoms. The van der Waals surface area contributed by atoms with Crippen LogP contribution in [0, 0.1) is 0 Å². The highest BCUT2D eigenvalue weighted by Gasteiger charge is 2.38. The number of nitrogens with zero attached hydrogens (tertiary/aromatic N) is 1. The Hall–Kier alpha value is -0.850. The molecule has 6 heteroatoms. The summed E-state index contributed by atoms with van der Waals surface area (Å²) in [5.41, 5.74) is -0.728. The van der Waals surface area contributed by atoms with E-state index in [-0.39, 0.29) is 0 Å². The van der Waals surface area contributed by atoms with E-state index in [2.05, 4.69) is 0 Å². The monoisotopic (exact) mass is 233 g/mol. The van der Waals surface area contributed by atoms with Crippen LogP contribution in [0.25, 0.3) is 0 Å². The Morgan fingerprint density at radius 1 is 1.56 bits per heavy atom. The second kappa shape index (κ2) is 4.99. The van der Waals surface area contributed by atoms with Gasteiger partial charge in [-0.2, -0.15) is 0 Å². The van der Waals surface area contributed by atoms with Gasteiger partial charge in [-0.05, 0) is 20.3 Å². The third-order valence-electron chi connectivity index (χ3n) is 2.61. The van der Waals surface area contributed by atoms with E-state index in [9.17, 15) is 15.0 Å². The van der Waals surface area contributed by atoms with Crippen molar-refractivity contribution in [2.75, 3.05) is 13.2 Å². The highest BCUT2D eigenvalue weighted by Crippen LogP contribution is 2.23. The Labute approximate surface area is 94.8 Å². The van der Waals surface area contributed by atoms with E-state index in [0.29, 0.717) is 19.6 Å². The Bertz CT molecular complexity index is 256. The van der Waals surface area contributed by atoms with Crippen molar-refractivity contribution < 1.29 is 24.5 Å². The molecule has 0 spiro atoms. The van der Waals surface area contributed by atoms with Gasteiger partial charge in [-0.3, -0.25) is 4.90 Å². The molecule has 0 aromatic rings. The fourth-order valence-corrected chi connectivity index (χ4v) is 1.49. The van der Waals surface area contributed by atoms with Gasteiger partial charge in [0.05, 0.1) is 13.2 Å². The van der Waals surface area contributed by atoms with E-state index in [1.165, 1.54) is 4.90 Å². The maximum absolute atomic E-state index is 11.6. The fourth-order valence-electron chi connectivity index (χ4n) is 1.49. The maximum atomic E-state index is 11.6. The Morgan fingerprint density at radius 3 is 2.62 bits per heavy atom. The molecule has 0 saturated carbocycles. The van der Waals surface area contributed by atoms with Gasteiger partial charge in [0.25, 0.3) is 0 Å². The Balaban J connectivity index is 2.52. The van der Waals surface area contributed by atoms with Gasteiger partial charge in [-0.15, -0.1) is 0 Å². The smallest absolute Gasteiger partial charge is 0.414 e. The summed E-state index contributed by atoms with van der Waals surface area (Å²) in [6, 6.07) is 0. The van der Waals surface area contributed by atoms with E-state index in [1.807, 2.05) is 0 Å². The summed E-state index contributed by atoms with van der Waals surface area (Å²) in [6.07, 6.45) is -2.92. The summed E-state index contributed by atoms with van der Waals surface area (Å²) < 4.78 is 10.1. The Morgan fingerprint density at radius 2 is 2.19 bits per heavy atom. The molecule has 1 aliphatic heterocycles. The molecule has 16 heavy (non-hydrogen) atoms. The van der Waals surface area contributed by atoms with Crippen molar-refractivity contribution in [2.24, 2.45) is 0 Å². The number of rotatable bonds is 3. The zero-order valence-corrected chi connectivity index (χ0v) is 9.84. The summed E-state index contributed by atoms with van der Waals surface area (Å²) in [4.78, 5) is 13.0. The maximum Gasteiger partial charge on any atom is 0.414 e. The van der Waals surface area contributed by atoms with Gasteiger partial charge in [0.2, 0.25) is 6.29 Å². The standard InChI is InChI=1S/C10H19NO5/c1-4-7(12)8(13)16-9(14)11-5-6-15-10(11,2)3/h7-8,12-13H,4-6H2,1-3H3/t7?,8-/m0/s1. The van der Waals surface area contributed by atoms with E-state index >= 15 is 0 Å². The topological polar surface area (TPSA) is 79.2 Å². The number of hydrogen-bond acceptors (Lipinski definition) is 5. The molecule has 0 aromatic carbocycles. The number of amides is 1. The van der Waals surface area contributed by atoms with Gasteiger partial charge in [0.15, 0.2) is 0 Å². The van der Waals surface area contributed by atoms with Crippen LogP contribution in [0.3, 0.4) is 0 Å². The largest absolute Gasteiger partial charge is 0.417 e. The third kappa shape index (κ3) is 2.84. The summed E-state index contributed by atoms with van der Waals surface area (Å²) >= 11 is 0. The van der Waals surface area contributed by atoms with Crippen molar-refractivity contribution in [1.29, 1.82) is 0 Å². The van der Waals surface area contributed by atoms with E-state index < -0.39 is 24.2 Å². The Kier molecular flexibility index (Phi) is 4.12. The first-order valence-electron chi connectivity index (χ1n) is 5.37. The highest BCUT2D eigenvalue weighted by atomic mass is 16.7. The predicted molar refractivity (Wildman–Crippen MR) is 55.5 cm³/mol. The average molecular weight is 233 g/mol. The molecule has 94 valence electrons. The predicted octanol–water partition coefficient (Wildman–Crippen LogP) is 0.281. The second-order valence-corrected chi connectivity index (χ2v) is 4.20. The van der Waals surface area contributed by atoms with Gasteiger partial charge in [-0.1, -0.05) is 6.92 Å². The minimum Gasteiger partial charge on any atom is -0.417 e. The first-order chi connectivity index (χ1) is 7.38. The summed E-state index contributed by atoms with van der Waals surface area (Å²) in [6.45, 7) is 6.02. The molecule has 1 heterocycles. The average Bonchev–Trinajstić information content (AvgIpc) is 2.56. The van der Waals surface area contributed by atoms with Crippen LogP contribution in [0.2, 0.25) is 0 Å². The molecule has 1 saturated heterocycles. The van der Waals surface area contributed by atoms with Crippen molar-refractivity contribution in [3.05, 3.63) is 0 Å². The molecule has 6 nitrogen and oxygen atoms in total. The fraction of sp³-hybridized carbons (Fsp3) is 0.900. The quantitative estimate of drug-likeness (QED) is 0.684. The lowest BCUT2D eigenvalue weighted by Gasteiger charge is -2.30. The van der Waals surface area contributed by atoms with Crippen LogP contribution in [0.1, 0.15) is 27.2 Å². The zero-order chi connectivity index (χ0) is 12.3. The first-order valence-corrected chi connectivity index (χ1v) is 5.37. The normalized spacial score (nSPS) is 22.9. The minimum absolute atomic E-state index is 0.314. The number of carbonyl (C=O) groups excluding carboxylic acids is 1. The van der Waals surface area contributed by atoms with E-state index in [1.54, 1.807) is 20.8 Å². The van der Waals surface area contributed by atoms with Crippen molar-refractivity contribution >= 4 is 6.09 Å². The van der Waals surface area contributed by atoms with Crippen LogP contribution in [0.5, 0.6) is 0 Å². The number of carbonyl (C=O) groups is 1. The molecule has 1 rings (SSSR count). The molecular weight excluding hydrogens is 214 g/mol. The highest BCUT2D eigenvalue weighted by molar-refractivity contribution is 5.68. The summed E-state index contributed by atoms with van der Waals surface area (Å²) in [5, 5.41) is 18.6. The zero-order valence-electron chi connectivity index (χ0n) is 9.84. The van der Waals surface area contributed by atoms with Crippen LogP contribution in [-0.2, 0) is 9.47 Å². The van der Waals surface area contributed by atoms with Crippen LogP contribution in [-0.4, -0.2) is 52.5 Å². The second-order valence-electron chi connectivity index (χ2n) is 4.20. The molecule has 1 unspecified atom stereocenters. The van der Waals surface area contributed by atoms with Crippen molar-refractivity contribution in [1.82, 2.24) is 4.90 Å². The van der Waals surface area contributed by atoms with Crippen LogP contribution in [0.4, 0.5) is 4.79 Å². The molecule has 1 aliphatic rings. The molecule has 2 atom stereocenters.